The van der Waals surface area contributed by atoms with E-state index >= 15 is 0 Å². The molecule has 0 aliphatic heterocycles. The van der Waals surface area contributed by atoms with E-state index in [0.29, 0.717) is 0 Å². The molecule has 0 radical (unpaired) electrons. The fourth-order valence-electron chi connectivity index (χ4n) is 1.93. The Balaban J connectivity index is 2.30. The van der Waals surface area contributed by atoms with Gasteiger partial charge in [0.1, 0.15) is 0 Å². The maximum atomic E-state index is 5.82. The zero-order valence-corrected chi connectivity index (χ0v) is 9.72. The minimum Gasteiger partial charge on any atom is -0.226 e. The summed E-state index contributed by atoms with van der Waals surface area (Å²) >= 11 is 5.82. The van der Waals surface area contributed by atoms with E-state index < -0.39 is 0 Å². The van der Waals surface area contributed by atoms with Crippen LogP contribution in [0.3, 0.4) is 0 Å². The first-order valence-corrected chi connectivity index (χ1v) is 5.69. The van der Waals surface area contributed by atoms with E-state index in [2.05, 4.69) is 28.2 Å². The van der Waals surface area contributed by atoms with Gasteiger partial charge in [0.2, 0.25) is 5.28 Å². The highest BCUT2D eigenvalue weighted by Gasteiger charge is 2.04. The largest absolute Gasteiger partial charge is 0.226 e. The molecule has 0 bridgehead atoms. The van der Waals surface area contributed by atoms with Crippen molar-refractivity contribution in [2.45, 2.75) is 0 Å². The van der Waals surface area contributed by atoms with Gasteiger partial charge in [-0.1, -0.05) is 42.5 Å². The molecule has 0 aliphatic rings. The molecule has 0 atom stereocenters. The number of hydrogen-bond acceptors (Lipinski definition) is 2. The second-order valence-electron chi connectivity index (χ2n) is 3.74. The molecule has 1 aromatic heterocycles. The van der Waals surface area contributed by atoms with Crippen LogP contribution >= 0.6 is 11.6 Å². The Morgan fingerprint density at radius 1 is 0.882 bits per heavy atom. The first kappa shape index (κ1) is 10.2. The number of aromatic nitrogens is 2. The number of hydrogen-bond donors (Lipinski definition) is 0. The highest BCUT2D eigenvalue weighted by molar-refractivity contribution is 6.28. The van der Waals surface area contributed by atoms with E-state index in [-0.39, 0.29) is 5.28 Å². The summed E-state index contributed by atoms with van der Waals surface area (Å²) in [7, 11) is 0. The van der Waals surface area contributed by atoms with E-state index in [1.54, 1.807) is 6.20 Å². The van der Waals surface area contributed by atoms with Crippen LogP contribution < -0.4 is 0 Å². The van der Waals surface area contributed by atoms with Gasteiger partial charge in [0, 0.05) is 11.8 Å². The summed E-state index contributed by atoms with van der Waals surface area (Å²) < 4.78 is 0. The summed E-state index contributed by atoms with van der Waals surface area (Å²) in [6.45, 7) is 0. The van der Waals surface area contributed by atoms with Crippen molar-refractivity contribution < 1.29 is 0 Å². The van der Waals surface area contributed by atoms with Crippen LogP contribution in [0.1, 0.15) is 0 Å². The van der Waals surface area contributed by atoms with Crippen molar-refractivity contribution in [1.82, 2.24) is 9.97 Å². The molecule has 3 rings (SSSR count). The molecule has 0 fully saturated rings. The van der Waals surface area contributed by atoms with Gasteiger partial charge >= 0.3 is 0 Å². The molecule has 0 aliphatic carbocycles. The van der Waals surface area contributed by atoms with Crippen LogP contribution in [0.5, 0.6) is 0 Å². The normalized spacial score (nSPS) is 10.6. The molecule has 0 unspecified atom stereocenters. The van der Waals surface area contributed by atoms with Crippen molar-refractivity contribution in [3.63, 3.8) is 0 Å². The predicted molar refractivity (Wildman–Crippen MR) is 70.0 cm³/mol. The summed E-state index contributed by atoms with van der Waals surface area (Å²) in [4.78, 5) is 8.15. The van der Waals surface area contributed by atoms with Gasteiger partial charge < -0.3 is 0 Å². The zero-order valence-electron chi connectivity index (χ0n) is 8.97. The number of nitrogens with zero attached hydrogens (tertiary/aromatic N) is 2. The summed E-state index contributed by atoms with van der Waals surface area (Å²) in [5, 5.41) is 2.64. The average Bonchev–Trinajstić information content (AvgIpc) is 2.38. The van der Waals surface area contributed by atoms with Crippen molar-refractivity contribution in [2.75, 3.05) is 0 Å². The van der Waals surface area contributed by atoms with Crippen LogP contribution in [0.25, 0.3) is 22.0 Å². The molecule has 0 N–H and O–H groups in total. The molecule has 82 valence electrons. The molecular weight excluding hydrogens is 232 g/mol. The lowest BCUT2D eigenvalue weighted by atomic mass is 10.0. The minimum absolute atomic E-state index is 0.274. The van der Waals surface area contributed by atoms with Crippen molar-refractivity contribution in [3.05, 3.63) is 60.0 Å². The topological polar surface area (TPSA) is 25.8 Å². The van der Waals surface area contributed by atoms with Crippen molar-refractivity contribution in [1.29, 1.82) is 0 Å². The van der Waals surface area contributed by atoms with E-state index in [9.17, 15) is 0 Å². The lowest BCUT2D eigenvalue weighted by Crippen LogP contribution is -1.87. The fourth-order valence-corrected chi connectivity index (χ4v) is 2.08. The van der Waals surface area contributed by atoms with Gasteiger partial charge in [0.25, 0.3) is 0 Å². The molecule has 0 amide bonds. The standard InChI is InChI=1S/C14H9ClN2/c15-14-16-9-8-13(17-14)12-7-3-5-10-4-1-2-6-11(10)12/h1-9H. The Labute approximate surface area is 104 Å². The molecule has 1 heterocycles. The molecule has 0 saturated carbocycles. The molecule has 0 saturated heterocycles. The number of fused-ring (bicyclic) bond motifs is 1. The number of rotatable bonds is 1. The molecule has 2 nitrogen and oxygen atoms in total. The number of halogens is 1. The van der Waals surface area contributed by atoms with E-state index in [1.165, 1.54) is 10.8 Å². The Morgan fingerprint density at radius 2 is 1.71 bits per heavy atom. The monoisotopic (exact) mass is 240 g/mol. The van der Waals surface area contributed by atoms with Crippen molar-refractivity contribution >= 4 is 22.4 Å². The van der Waals surface area contributed by atoms with Crippen molar-refractivity contribution in [2.24, 2.45) is 0 Å². The summed E-state index contributed by atoms with van der Waals surface area (Å²) in [5.41, 5.74) is 1.93. The summed E-state index contributed by atoms with van der Waals surface area (Å²) in [6.07, 6.45) is 1.67. The van der Waals surface area contributed by atoms with Gasteiger partial charge in [-0.2, -0.15) is 0 Å². The molecule has 0 spiro atoms. The van der Waals surface area contributed by atoms with Gasteiger partial charge in [-0.25, -0.2) is 9.97 Å². The zero-order chi connectivity index (χ0) is 11.7. The van der Waals surface area contributed by atoms with E-state index in [1.807, 2.05) is 30.3 Å². The van der Waals surface area contributed by atoms with Gasteiger partial charge in [-0.15, -0.1) is 0 Å². The second kappa shape index (κ2) is 4.15. The van der Waals surface area contributed by atoms with Crippen LogP contribution in [0.4, 0.5) is 0 Å². The fraction of sp³-hybridized carbons (Fsp3) is 0. The average molecular weight is 241 g/mol. The van der Waals surface area contributed by atoms with Crippen LogP contribution in [-0.2, 0) is 0 Å². The lowest BCUT2D eigenvalue weighted by Gasteiger charge is -2.05. The predicted octanol–water partition coefficient (Wildman–Crippen LogP) is 3.95. The highest BCUT2D eigenvalue weighted by atomic mass is 35.5. The molecular formula is C14H9ClN2. The third-order valence-corrected chi connectivity index (χ3v) is 2.87. The highest BCUT2D eigenvalue weighted by Crippen LogP contribution is 2.27. The van der Waals surface area contributed by atoms with Crippen LogP contribution in [0.2, 0.25) is 5.28 Å². The molecule has 2 aromatic carbocycles. The first-order valence-electron chi connectivity index (χ1n) is 5.31. The molecule has 3 heteroatoms. The first-order chi connectivity index (χ1) is 8.34. The maximum Gasteiger partial charge on any atom is 0.222 e. The molecule has 3 aromatic rings. The molecule has 17 heavy (non-hydrogen) atoms. The van der Waals surface area contributed by atoms with Crippen LogP contribution in [0.15, 0.2) is 54.7 Å². The second-order valence-corrected chi connectivity index (χ2v) is 4.08. The third-order valence-electron chi connectivity index (χ3n) is 2.69. The van der Waals surface area contributed by atoms with Gasteiger partial charge in [0.15, 0.2) is 0 Å². The van der Waals surface area contributed by atoms with E-state index in [0.717, 1.165) is 11.3 Å². The Bertz CT molecular complexity index is 674. The van der Waals surface area contributed by atoms with Gasteiger partial charge in [-0.3, -0.25) is 0 Å². The Hall–Kier alpha value is -1.93. The Morgan fingerprint density at radius 3 is 2.59 bits per heavy atom. The van der Waals surface area contributed by atoms with Crippen LogP contribution in [0, 0.1) is 0 Å². The van der Waals surface area contributed by atoms with Gasteiger partial charge in [-0.05, 0) is 28.4 Å². The lowest BCUT2D eigenvalue weighted by molar-refractivity contribution is 1.17. The maximum absolute atomic E-state index is 5.82. The van der Waals surface area contributed by atoms with E-state index in [4.69, 9.17) is 11.6 Å². The Kier molecular flexibility index (Phi) is 2.50. The number of benzene rings is 2. The summed E-state index contributed by atoms with van der Waals surface area (Å²) in [5.74, 6) is 0. The quantitative estimate of drug-likeness (QED) is 0.602. The van der Waals surface area contributed by atoms with Crippen molar-refractivity contribution in [3.8, 4) is 11.3 Å². The van der Waals surface area contributed by atoms with Gasteiger partial charge in [0.05, 0.1) is 5.69 Å². The third kappa shape index (κ3) is 1.87. The summed E-state index contributed by atoms with van der Waals surface area (Å²) in [6, 6.07) is 16.2. The minimum atomic E-state index is 0.274. The van der Waals surface area contributed by atoms with Crippen LogP contribution in [-0.4, -0.2) is 9.97 Å². The SMILES string of the molecule is Clc1nccc(-c2cccc3ccccc23)n1. The smallest absolute Gasteiger partial charge is 0.222 e.